The van der Waals surface area contributed by atoms with Crippen LogP contribution in [0.25, 0.3) is 0 Å². The number of nitrogens with one attached hydrogen (secondary N) is 1. The number of nitrogens with zero attached hydrogens (tertiary/aromatic N) is 1. The third-order valence-electron chi connectivity index (χ3n) is 4.33. The van der Waals surface area contributed by atoms with E-state index in [-0.39, 0.29) is 18.0 Å². The van der Waals surface area contributed by atoms with Gasteiger partial charge < -0.3 is 5.11 Å². The molecule has 0 spiro atoms. The van der Waals surface area contributed by atoms with Crippen molar-refractivity contribution in [1.29, 1.82) is 0 Å². The lowest BCUT2D eigenvalue weighted by Crippen LogP contribution is -2.50. The van der Waals surface area contributed by atoms with Crippen molar-refractivity contribution in [3.05, 3.63) is 66.2 Å². The number of sulfonamides is 1. The maximum atomic E-state index is 12.5. The molecule has 0 bridgehead atoms. The summed E-state index contributed by atoms with van der Waals surface area (Å²) in [7, 11) is -1.71. The van der Waals surface area contributed by atoms with Crippen molar-refractivity contribution < 1.29 is 13.5 Å². The van der Waals surface area contributed by atoms with Gasteiger partial charge in [0.1, 0.15) is 0 Å². The lowest BCUT2D eigenvalue weighted by Gasteiger charge is -2.39. The third kappa shape index (κ3) is 4.21. The van der Waals surface area contributed by atoms with E-state index in [1.165, 1.54) is 0 Å². The van der Waals surface area contributed by atoms with Crippen molar-refractivity contribution in [2.75, 3.05) is 26.7 Å². The fourth-order valence-corrected chi connectivity index (χ4v) is 3.72. The highest BCUT2D eigenvalue weighted by atomic mass is 32.2. The first-order chi connectivity index (χ1) is 11.4. The van der Waals surface area contributed by atoms with Crippen LogP contribution in [0.4, 0.5) is 0 Å². The molecule has 0 radical (unpaired) electrons. The van der Waals surface area contributed by atoms with E-state index >= 15 is 0 Å². The first-order valence-electron chi connectivity index (χ1n) is 7.82. The Bertz CT molecular complexity index is 735. The zero-order chi connectivity index (χ0) is 17.6. The number of hydrogen-bond donors (Lipinski definition) is 2. The molecule has 0 aliphatic carbocycles. The van der Waals surface area contributed by atoms with E-state index in [0.29, 0.717) is 6.54 Å². The average molecular weight is 348 g/mol. The monoisotopic (exact) mass is 348 g/mol. The Morgan fingerprint density at radius 3 is 2.12 bits per heavy atom. The van der Waals surface area contributed by atoms with Gasteiger partial charge in [-0.2, -0.15) is 0 Å². The van der Waals surface area contributed by atoms with Crippen LogP contribution in [0.3, 0.4) is 0 Å². The van der Waals surface area contributed by atoms with Crippen LogP contribution in [0, 0.1) is 0 Å². The van der Waals surface area contributed by atoms with Gasteiger partial charge in [-0.1, -0.05) is 48.5 Å². The molecule has 2 aromatic carbocycles. The van der Waals surface area contributed by atoms with E-state index in [0.717, 1.165) is 5.56 Å². The third-order valence-corrected chi connectivity index (χ3v) is 5.75. The number of hydrogen-bond acceptors (Lipinski definition) is 4. The largest absolute Gasteiger partial charge is 0.395 e. The standard InChI is InChI=1S/C18H24N2O3S/c1-18(20(2)13-14-21,16-9-5-3-6-10-16)15-19-24(22,23)17-11-7-4-8-12-17/h3-12,19,21H,13-15H2,1-2H3. The van der Waals surface area contributed by atoms with E-state index in [9.17, 15) is 13.5 Å². The van der Waals surface area contributed by atoms with Gasteiger partial charge in [-0.05, 0) is 31.7 Å². The highest BCUT2D eigenvalue weighted by Gasteiger charge is 2.32. The van der Waals surface area contributed by atoms with Gasteiger partial charge >= 0.3 is 0 Å². The van der Waals surface area contributed by atoms with Crippen LogP contribution in [0.1, 0.15) is 12.5 Å². The number of aliphatic hydroxyl groups excluding tert-OH is 1. The molecule has 1 atom stereocenters. The number of likely N-dealkylation sites (N-methyl/N-ethyl adjacent to an activating group) is 1. The zero-order valence-corrected chi connectivity index (χ0v) is 14.8. The molecule has 0 fully saturated rings. The lowest BCUT2D eigenvalue weighted by atomic mass is 9.90. The lowest BCUT2D eigenvalue weighted by molar-refractivity contribution is 0.110. The second-order valence-electron chi connectivity index (χ2n) is 5.92. The smallest absolute Gasteiger partial charge is 0.240 e. The van der Waals surface area contributed by atoms with Gasteiger partial charge in [0.05, 0.1) is 17.0 Å². The van der Waals surface area contributed by atoms with Crippen LogP contribution in [-0.4, -0.2) is 45.2 Å². The van der Waals surface area contributed by atoms with E-state index in [4.69, 9.17) is 0 Å². The molecule has 0 saturated carbocycles. The Morgan fingerprint density at radius 2 is 1.58 bits per heavy atom. The highest BCUT2D eigenvalue weighted by Crippen LogP contribution is 2.26. The Morgan fingerprint density at radius 1 is 1.04 bits per heavy atom. The van der Waals surface area contributed by atoms with Crippen LogP contribution in [0.15, 0.2) is 65.6 Å². The number of aliphatic hydroxyl groups is 1. The second-order valence-corrected chi connectivity index (χ2v) is 7.69. The van der Waals surface area contributed by atoms with Crippen LogP contribution < -0.4 is 4.72 Å². The Balaban J connectivity index is 2.27. The van der Waals surface area contributed by atoms with Crippen LogP contribution in [0.2, 0.25) is 0 Å². The molecule has 5 nitrogen and oxygen atoms in total. The van der Waals surface area contributed by atoms with E-state index in [1.54, 1.807) is 30.3 Å². The molecule has 2 rings (SSSR count). The molecule has 0 amide bonds. The second kappa shape index (κ2) is 7.90. The van der Waals surface area contributed by atoms with Crippen molar-refractivity contribution in [2.45, 2.75) is 17.4 Å². The van der Waals surface area contributed by atoms with Crippen molar-refractivity contribution in [3.8, 4) is 0 Å². The molecule has 24 heavy (non-hydrogen) atoms. The first-order valence-corrected chi connectivity index (χ1v) is 9.31. The summed E-state index contributed by atoms with van der Waals surface area (Å²) < 4.78 is 27.7. The van der Waals surface area contributed by atoms with E-state index in [1.807, 2.05) is 49.2 Å². The molecule has 1 unspecified atom stereocenters. The van der Waals surface area contributed by atoms with E-state index < -0.39 is 15.6 Å². The van der Waals surface area contributed by atoms with Crippen LogP contribution in [0.5, 0.6) is 0 Å². The number of rotatable bonds is 8. The summed E-state index contributed by atoms with van der Waals surface area (Å²) in [5.41, 5.74) is 0.406. The fraction of sp³-hybridized carbons (Fsp3) is 0.333. The minimum absolute atomic E-state index is 0.00432. The number of benzene rings is 2. The molecular formula is C18H24N2O3S. The summed E-state index contributed by atoms with van der Waals surface area (Å²) in [6.07, 6.45) is 0. The molecule has 0 aliphatic rings. The van der Waals surface area contributed by atoms with E-state index in [2.05, 4.69) is 4.72 Å². The molecule has 0 heterocycles. The maximum absolute atomic E-state index is 12.5. The predicted molar refractivity (Wildman–Crippen MR) is 95.1 cm³/mol. The Kier molecular flexibility index (Phi) is 6.12. The fourth-order valence-electron chi connectivity index (χ4n) is 2.57. The summed E-state index contributed by atoms with van der Waals surface area (Å²) in [6.45, 7) is 2.61. The normalized spacial score (nSPS) is 14.5. The molecule has 0 aliphatic heterocycles. The molecule has 2 aromatic rings. The van der Waals surface area contributed by atoms with Gasteiger partial charge in [0, 0.05) is 13.1 Å². The molecule has 0 saturated heterocycles. The summed E-state index contributed by atoms with van der Waals surface area (Å²) in [6, 6.07) is 18.0. The Hall–Kier alpha value is -1.73. The summed E-state index contributed by atoms with van der Waals surface area (Å²) in [5, 5.41) is 9.27. The van der Waals surface area contributed by atoms with Crippen LogP contribution >= 0.6 is 0 Å². The quantitative estimate of drug-likeness (QED) is 0.763. The SMILES string of the molecule is CN(CCO)C(C)(CNS(=O)(=O)c1ccccc1)c1ccccc1. The molecule has 2 N–H and O–H groups in total. The molecular weight excluding hydrogens is 324 g/mol. The van der Waals surface area contributed by atoms with Crippen LogP contribution in [-0.2, 0) is 15.6 Å². The average Bonchev–Trinajstić information content (AvgIpc) is 2.61. The van der Waals surface area contributed by atoms with Gasteiger partial charge in [0.15, 0.2) is 0 Å². The maximum Gasteiger partial charge on any atom is 0.240 e. The summed E-state index contributed by atoms with van der Waals surface area (Å²) in [5.74, 6) is 0. The summed E-state index contributed by atoms with van der Waals surface area (Å²) in [4.78, 5) is 2.20. The van der Waals surface area contributed by atoms with Gasteiger partial charge in [-0.3, -0.25) is 4.90 Å². The predicted octanol–water partition coefficient (Wildman–Crippen LogP) is 1.80. The van der Waals surface area contributed by atoms with Gasteiger partial charge in [-0.15, -0.1) is 0 Å². The minimum Gasteiger partial charge on any atom is -0.395 e. The van der Waals surface area contributed by atoms with Gasteiger partial charge in [-0.25, -0.2) is 13.1 Å². The van der Waals surface area contributed by atoms with Gasteiger partial charge in [0.2, 0.25) is 10.0 Å². The van der Waals surface area contributed by atoms with Crippen molar-refractivity contribution in [1.82, 2.24) is 9.62 Å². The zero-order valence-electron chi connectivity index (χ0n) is 14.0. The highest BCUT2D eigenvalue weighted by molar-refractivity contribution is 7.89. The minimum atomic E-state index is -3.59. The summed E-state index contributed by atoms with van der Waals surface area (Å²) >= 11 is 0. The Labute approximate surface area is 144 Å². The molecule has 0 aromatic heterocycles. The molecule has 6 heteroatoms. The topological polar surface area (TPSA) is 69.6 Å². The van der Waals surface area contributed by atoms with Crippen molar-refractivity contribution >= 4 is 10.0 Å². The first kappa shape index (κ1) is 18.6. The van der Waals surface area contributed by atoms with Crippen molar-refractivity contribution in [2.24, 2.45) is 0 Å². The van der Waals surface area contributed by atoms with Crippen molar-refractivity contribution in [3.63, 3.8) is 0 Å². The molecule has 130 valence electrons. The van der Waals surface area contributed by atoms with Gasteiger partial charge in [0.25, 0.3) is 0 Å².